The molecule has 1 saturated heterocycles. The Bertz CT molecular complexity index is 925. The maximum absolute atomic E-state index is 10.4. The highest BCUT2D eigenvalue weighted by atomic mass is 35.5. The summed E-state index contributed by atoms with van der Waals surface area (Å²) in [6, 6.07) is 22.3. The van der Waals surface area contributed by atoms with Crippen molar-refractivity contribution in [2.45, 2.75) is 6.10 Å². The van der Waals surface area contributed by atoms with Crippen molar-refractivity contribution in [1.82, 2.24) is 0 Å². The van der Waals surface area contributed by atoms with Crippen molar-refractivity contribution in [3.8, 4) is 5.75 Å². The summed E-state index contributed by atoms with van der Waals surface area (Å²) in [6.07, 6.45) is -0.473. The zero-order chi connectivity index (χ0) is 19.3. The van der Waals surface area contributed by atoms with Gasteiger partial charge >= 0.3 is 0 Å². The molecule has 146 valence electrons. The number of anilines is 1. The summed E-state index contributed by atoms with van der Waals surface area (Å²) in [6.45, 7) is 4.96. The quantitative estimate of drug-likeness (QED) is 0.671. The number of halogens is 1. The summed E-state index contributed by atoms with van der Waals surface area (Å²) in [7, 11) is 0. The van der Waals surface area contributed by atoms with E-state index in [1.165, 1.54) is 16.0 Å². The van der Waals surface area contributed by atoms with Crippen molar-refractivity contribution in [1.29, 1.82) is 0 Å². The molecule has 0 saturated carbocycles. The minimum Gasteiger partial charge on any atom is -0.491 e. The molecular formula is C23H26ClN2O2+. The molecule has 0 amide bonds. The largest absolute Gasteiger partial charge is 0.491 e. The lowest BCUT2D eigenvalue weighted by molar-refractivity contribution is -0.903. The van der Waals surface area contributed by atoms with Gasteiger partial charge in [0, 0.05) is 10.7 Å². The number of piperazine rings is 1. The van der Waals surface area contributed by atoms with E-state index < -0.39 is 6.10 Å². The van der Waals surface area contributed by atoms with Crippen molar-refractivity contribution in [2.75, 3.05) is 44.2 Å². The standard InChI is InChI=1S/C23H25ClN2O2/c24-20-6-3-7-21(15-20)26-12-10-25(11-13-26)16-22(27)17-28-23-9-8-18-4-1-2-5-19(18)14-23/h1-9,14-15,22,27H,10-13,16-17H2/p+1/t22-/m0/s1. The van der Waals surface area contributed by atoms with Gasteiger partial charge in [-0.05, 0) is 41.1 Å². The predicted octanol–water partition coefficient (Wildman–Crippen LogP) is 2.64. The number of fused-ring (bicyclic) bond motifs is 1. The highest BCUT2D eigenvalue weighted by Gasteiger charge is 2.23. The lowest BCUT2D eigenvalue weighted by atomic mass is 10.1. The third-order valence-electron chi connectivity index (χ3n) is 5.33. The van der Waals surface area contributed by atoms with Gasteiger partial charge in [0.2, 0.25) is 0 Å². The normalized spacial score (nSPS) is 16.3. The molecule has 0 spiro atoms. The van der Waals surface area contributed by atoms with Gasteiger partial charge in [-0.25, -0.2) is 0 Å². The molecule has 0 bridgehead atoms. The average molecular weight is 398 g/mol. The number of nitrogens with one attached hydrogen (secondary N) is 1. The molecule has 1 heterocycles. The van der Waals surface area contributed by atoms with Gasteiger partial charge in [0.05, 0.1) is 26.2 Å². The Morgan fingerprint density at radius 1 is 0.964 bits per heavy atom. The monoisotopic (exact) mass is 397 g/mol. The van der Waals surface area contributed by atoms with Gasteiger partial charge in [-0.1, -0.05) is 48.0 Å². The van der Waals surface area contributed by atoms with Crippen LogP contribution < -0.4 is 14.5 Å². The SMILES string of the molecule is O[C@H](COc1ccc2ccccc2c1)C[NH+]1CCN(c2cccc(Cl)c2)CC1. The van der Waals surface area contributed by atoms with Crippen LogP contribution >= 0.6 is 11.6 Å². The van der Waals surface area contributed by atoms with E-state index in [0.29, 0.717) is 13.2 Å². The number of benzene rings is 3. The van der Waals surface area contributed by atoms with Crippen LogP contribution in [0.5, 0.6) is 5.75 Å². The number of quaternary nitrogens is 1. The van der Waals surface area contributed by atoms with E-state index >= 15 is 0 Å². The molecule has 0 aliphatic carbocycles. The number of nitrogens with zero attached hydrogens (tertiary/aromatic N) is 1. The first-order chi connectivity index (χ1) is 13.7. The maximum Gasteiger partial charge on any atom is 0.137 e. The van der Waals surface area contributed by atoms with Crippen molar-refractivity contribution >= 4 is 28.1 Å². The number of aliphatic hydroxyl groups excluding tert-OH is 1. The first kappa shape index (κ1) is 19.1. The molecule has 3 aromatic carbocycles. The fraction of sp³-hybridized carbons (Fsp3) is 0.304. The first-order valence-corrected chi connectivity index (χ1v) is 10.2. The minimum absolute atomic E-state index is 0.319. The summed E-state index contributed by atoms with van der Waals surface area (Å²) in [5.74, 6) is 0.804. The molecule has 28 heavy (non-hydrogen) atoms. The van der Waals surface area contributed by atoms with Gasteiger partial charge in [-0.2, -0.15) is 0 Å². The molecule has 0 unspecified atom stereocenters. The van der Waals surface area contributed by atoms with Crippen LogP contribution in [-0.4, -0.2) is 50.5 Å². The number of rotatable bonds is 6. The van der Waals surface area contributed by atoms with Crippen molar-refractivity contribution in [3.05, 3.63) is 71.8 Å². The molecule has 1 fully saturated rings. The highest BCUT2D eigenvalue weighted by Crippen LogP contribution is 2.21. The fourth-order valence-electron chi connectivity index (χ4n) is 3.80. The second kappa shape index (κ2) is 8.82. The van der Waals surface area contributed by atoms with Gasteiger partial charge < -0.3 is 19.6 Å². The van der Waals surface area contributed by atoms with Crippen LogP contribution in [0, 0.1) is 0 Å². The van der Waals surface area contributed by atoms with Crippen LogP contribution in [0.1, 0.15) is 0 Å². The Hall–Kier alpha value is -2.27. The van der Waals surface area contributed by atoms with Crippen molar-refractivity contribution < 1.29 is 14.7 Å². The molecule has 1 aliphatic rings. The second-order valence-corrected chi connectivity index (χ2v) is 7.83. The van der Waals surface area contributed by atoms with E-state index in [1.807, 2.05) is 42.5 Å². The Balaban J connectivity index is 1.24. The summed E-state index contributed by atoms with van der Waals surface area (Å²) in [5.41, 5.74) is 1.17. The average Bonchev–Trinajstić information content (AvgIpc) is 2.73. The van der Waals surface area contributed by atoms with Gasteiger partial charge in [-0.3, -0.25) is 0 Å². The highest BCUT2D eigenvalue weighted by molar-refractivity contribution is 6.30. The maximum atomic E-state index is 10.4. The zero-order valence-electron chi connectivity index (χ0n) is 15.9. The van der Waals surface area contributed by atoms with Gasteiger partial charge in [-0.15, -0.1) is 0 Å². The summed E-state index contributed by atoms with van der Waals surface area (Å²) in [5, 5.41) is 13.5. The molecule has 1 atom stereocenters. The van der Waals surface area contributed by atoms with E-state index in [4.69, 9.17) is 16.3 Å². The van der Waals surface area contributed by atoms with Gasteiger partial charge in [0.25, 0.3) is 0 Å². The van der Waals surface area contributed by atoms with Gasteiger partial charge in [0.1, 0.15) is 25.0 Å². The third kappa shape index (κ3) is 4.76. The zero-order valence-corrected chi connectivity index (χ0v) is 16.6. The van der Waals surface area contributed by atoms with Crippen molar-refractivity contribution in [2.24, 2.45) is 0 Å². The van der Waals surface area contributed by atoms with E-state index in [2.05, 4.69) is 29.2 Å². The molecular weight excluding hydrogens is 372 g/mol. The molecule has 4 nitrogen and oxygen atoms in total. The number of aliphatic hydroxyl groups is 1. The van der Waals surface area contributed by atoms with E-state index in [9.17, 15) is 5.11 Å². The molecule has 1 aliphatic heterocycles. The molecule has 0 aromatic heterocycles. The van der Waals surface area contributed by atoms with Crippen LogP contribution in [-0.2, 0) is 0 Å². The lowest BCUT2D eigenvalue weighted by Gasteiger charge is -2.34. The Morgan fingerprint density at radius 3 is 2.54 bits per heavy atom. The molecule has 5 heteroatoms. The van der Waals surface area contributed by atoms with Crippen LogP contribution in [0.15, 0.2) is 66.7 Å². The van der Waals surface area contributed by atoms with Crippen LogP contribution in [0.4, 0.5) is 5.69 Å². The Kier molecular flexibility index (Phi) is 6.01. The minimum atomic E-state index is -0.473. The predicted molar refractivity (Wildman–Crippen MR) is 115 cm³/mol. The van der Waals surface area contributed by atoms with E-state index in [-0.39, 0.29) is 0 Å². The van der Waals surface area contributed by atoms with Crippen molar-refractivity contribution in [3.63, 3.8) is 0 Å². The first-order valence-electron chi connectivity index (χ1n) is 9.81. The van der Waals surface area contributed by atoms with Gasteiger partial charge in [0.15, 0.2) is 0 Å². The van der Waals surface area contributed by atoms with Crippen LogP contribution in [0.2, 0.25) is 5.02 Å². The summed E-state index contributed by atoms with van der Waals surface area (Å²) >= 11 is 6.10. The van der Waals surface area contributed by atoms with Crippen LogP contribution in [0.25, 0.3) is 10.8 Å². The van der Waals surface area contributed by atoms with E-state index in [0.717, 1.165) is 42.3 Å². The Morgan fingerprint density at radius 2 is 1.75 bits per heavy atom. The summed E-state index contributed by atoms with van der Waals surface area (Å²) < 4.78 is 5.83. The third-order valence-corrected chi connectivity index (χ3v) is 5.57. The molecule has 2 N–H and O–H groups in total. The van der Waals surface area contributed by atoms with Crippen LogP contribution in [0.3, 0.4) is 0 Å². The number of hydrogen-bond donors (Lipinski definition) is 2. The molecule has 3 aromatic rings. The Labute approximate surface area is 170 Å². The summed E-state index contributed by atoms with van der Waals surface area (Å²) in [4.78, 5) is 3.76. The fourth-order valence-corrected chi connectivity index (χ4v) is 3.98. The smallest absolute Gasteiger partial charge is 0.137 e. The molecule has 4 rings (SSSR count). The lowest BCUT2D eigenvalue weighted by Crippen LogP contribution is -3.16. The topological polar surface area (TPSA) is 37.1 Å². The van der Waals surface area contributed by atoms with E-state index in [1.54, 1.807) is 0 Å². The molecule has 0 radical (unpaired) electrons. The number of hydrogen-bond acceptors (Lipinski definition) is 3. The second-order valence-electron chi connectivity index (χ2n) is 7.39. The number of ether oxygens (including phenoxy) is 1.